The van der Waals surface area contributed by atoms with Gasteiger partial charge in [0.1, 0.15) is 11.5 Å². The van der Waals surface area contributed by atoms with Crippen molar-refractivity contribution in [1.29, 1.82) is 0 Å². The van der Waals surface area contributed by atoms with Gasteiger partial charge in [0.25, 0.3) is 0 Å². The van der Waals surface area contributed by atoms with Crippen LogP contribution in [0.3, 0.4) is 0 Å². The average Bonchev–Trinajstić information content (AvgIpc) is 3.20. The maximum absolute atomic E-state index is 13.9. The zero-order valence-electron chi connectivity index (χ0n) is 17.9. The molecule has 2 fully saturated rings. The van der Waals surface area contributed by atoms with Crippen molar-refractivity contribution in [1.82, 2.24) is 14.4 Å². The minimum absolute atomic E-state index is 0.0325. The molecule has 1 atom stereocenters. The summed E-state index contributed by atoms with van der Waals surface area (Å²) >= 11 is 0. The highest BCUT2D eigenvalue weighted by molar-refractivity contribution is 7.89. The smallest absolute Gasteiger partial charge is 0.248 e. The first-order valence-electron chi connectivity index (χ1n) is 10.6. The van der Waals surface area contributed by atoms with Gasteiger partial charge in [0.15, 0.2) is 10.7 Å². The van der Waals surface area contributed by atoms with Crippen LogP contribution >= 0.6 is 0 Å². The predicted molar refractivity (Wildman–Crippen MR) is 115 cm³/mol. The van der Waals surface area contributed by atoms with Crippen LogP contribution in [0, 0.1) is 18.7 Å². The summed E-state index contributed by atoms with van der Waals surface area (Å²) in [6.07, 6.45) is 4.09. The fourth-order valence-corrected chi connectivity index (χ4v) is 5.88. The van der Waals surface area contributed by atoms with Crippen LogP contribution in [0.15, 0.2) is 33.7 Å². The highest BCUT2D eigenvalue weighted by Gasteiger charge is 2.38. The van der Waals surface area contributed by atoms with Crippen molar-refractivity contribution in [3.05, 3.63) is 47.1 Å². The minimum Gasteiger partial charge on any atom is -0.378 e. The number of halogens is 1. The average molecular weight is 464 g/mol. The molecule has 8 nitrogen and oxygen atoms in total. The molecule has 0 radical (unpaired) electrons. The fraction of sp³-hybridized carbons (Fsp3) is 0.455. The van der Waals surface area contributed by atoms with Crippen molar-refractivity contribution in [2.75, 3.05) is 39.4 Å². The van der Waals surface area contributed by atoms with E-state index >= 15 is 0 Å². The van der Waals surface area contributed by atoms with Gasteiger partial charge in [-0.1, -0.05) is 23.4 Å². The van der Waals surface area contributed by atoms with Gasteiger partial charge < -0.3 is 14.2 Å². The van der Waals surface area contributed by atoms with Crippen LogP contribution in [0.4, 0.5) is 4.39 Å². The molecule has 4 rings (SSSR count). The molecule has 0 N–H and O–H groups in total. The quantitative estimate of drug-likeness (QED) is 0.677. The predicted octanol–water partition coefficient (Wildman–Crippen LogP) is 2.55. The molecule has 2 aliphatic heterocycles. The normalized spacial score (nSPS) is 20.7. The van der Waals surface area contributed by atoms with Crippen LogP contribution in [0.25, 0.3) is 12.2 Å². The molecule has 1 amide bonds. The summed E-state index contributed by atoms with van der Waals surface area (Å²) in [4.78, 5) is 14.6. The van der Waals surface area contributed by atoms with E-state index in [4.69, 9.17) is 9.26 Å². The minimum atomic E-state index is -3.96. The first kappa shape index (κ1) is 22.6. The molecular weight excluding hydrogens is 437 g/mol. The maximum atomic E-state index is 13.9. The SMILES string of the molecule is Cc1noc(/C=C/c2ccccc2F)c1S(=O)(=O)N1CCC[C@@H](C(=O)N2CCOCC2)C1. The Hall–Kier alpha value is -2.56. The summed E-state index contributed by atoms with van der Waals surface area (Å²) in [7, 11) is -3.96. The molecule has 0 unspecified atom stereocenters. The summed E-state index contributed by atoms with van der Waals surface area (Å²) in [5.41, 5.74) is 0.527. The Balaban J connectivity index is 1.56. The third kappa shape index (κ3) is 4.62. The van der Waals surface area contributed by atoms with Crippen molar-refractivity contribution in [2.24, 2.45) is 5.92 Å². The second-order valence-electron chi connectivity index (χ2n) is 7.96. The highest BCUT2D eigenvalue weighted by Crippen LogP contribution is 2.30. The van der Waals surface area contributed by atoms with Crippen LogP contribution in [-0.4, -0.2) is 68.1 Å². The molecule has 0 aliphatic carbocycles. The van der Waals surface area contributed by atoms with Gasteiger partial charge >= 0.3 is 0 Å². The van der Waals surface area contributed by atoms with Gasteiger partial charge in [-0.05, 0) is 38.0 Å². The Bertz CT molecular complexity index is 1110. The summed E-state index contributed by atoms with van der Waals surface area (Å²) in [6, 6.07) is 6.16. The van der Waals surface area contributed by atoms with Crippen LogP contribution < -0.4 is 0 Å². The monoisotopic (exact) mass is 463 g/mol. The van der Waals surface area contributed by atoms with Crippen molar-refractivity contribution >= 4 is 28.1 Å². The summed E-state index contributed by atoms with van der Waals surface area (Å²) < 4.78 is 52.8. The van der Waals surface area contributed by atoms with Gasteiger partial charge in [0.2, 0.25) is 15.9 Å². The van der Waals surface area contributed by atoms with Crippen LogP contribution in [0.1, 0.15) is 29.9 Å². The van der Waals surface area contributed by atoms with Gasteiger partial charge in [0, 0.05) is 31.7 Å². The second kappa shape index (κ2) is 9.51. The molecule has 0 saturated carbocycles. The van der Waals surface area contributed by atoms with E-state index in [1.807, 2.05) is 0 Å². The Morgan fingerprint density at radius 2 is 1.94 bits per heavy atom. The zero-order chi connectivity index (χ0) is 22.7. The van der Waals surface area contributed by atoms with Gasteiger partial charge in [-0.25, -0.2) is 12.8 Å². The molecule has 0 spiro atoms. The van der Waals surface area contributed by atoms with E-state index in [-0.39, 0.29) is 28.8 Å². The van der Waals surface area contributed by atoms with Crippen molar-refractivity contribution in [3.8, 4) is 0 Å². The summed E-state index contributed by atoms with van der Waals surface area (Å²) in [5, 5.41) is 3.83. The number of nitrogens with zero attached hydrogens (tertiary/aromatic N) is 3. The van der Waals surface area contributed by atoms with E-state index in [0.29, 0.717) is 51.3 Å². The molecule has 172 valence electrons. The van der Waals surface area contributed by atoms with E-state index < -0.39 is 21.8 Å². The number of hydrogen-bond acceptors (Lipinski definition) is 6. The van der Waals surface area contributed by atoms with Gasteiger partial charge in [-0.3, -0.25) is 4.79 Å². The van der Waals surface area contributed by atoms with Crippen LogP contribution in [0.5, 0.6) is 0 Å². The topological polar surface area (TPSA) is 93.0 Å². The Morgan fingerprint density at radius 3 is 2.69 bits per heavy atom. The lowest BCUT2D eigenvalue weighted by Crippen LogP contribution is -2.49. The molecule has 32 heavy (non-hydrogen) atoms. The molecule has 2 saturated heterocycles. The third-order valence-electron chi connectivity index (χ3n) is 5.81. The van der Waals surface area contributed by atoms with Crippen LogP contribution in [-0.2, 0) is 19.6 Å². The zero-order valence-corrected chi connectivity index (χ0v) is 18.7. The van der Waals surface area contributed by atoms with Gasteiger partial charge in [-0.15, -0.1) is 0 Å². The number of piperidine rings is 1. The second-order valence-corrected chi connectivity index (χ2v) is 9.83. The summed E-state index contributed by atoms with van der Waals surface area (Å²) in [5.74, 6) is -0.818. The molecule has 10 heteroatoms. The number of aryl methyl sites for hydroxylation is 1. The lowest BCUT2D eigenvalue weighted by molar-refractivity contribution is -0.140. The van der Waals surface area contributed by atoms with Crippen molar-refractivity contribution < 1.29 is 26.9 Å². The number of rotatable bonds is 5. The number of hydrogen-bond donors (Lipinski definition) is 0. The number of carbonyl (C=O) groups excluding carboxylic acids is 1. The first-order chi connectivity index (χ1) is 15.4. The largest absolute Gasteiger partial charge is 0.378 e. The Morgan fingerprint density at radius 1 is 1.19 bits per heavy atom. The van der Waals surface area contributed by atoms with E-state index in [1.165, 1.54) is 22.5 Å². The van der Waals surface area contributed by atoms with Gasteiger partial charge in [0.05, 0.1) is 19.1 Å². The van der Waals surface area contributed by atoms with Crippen molar-refractivity contribution in [3.63, 3.8) is 0 Å². The molecule has 0 bridgehead atoms. The number of aromatic nitrogens is 1. The van der Waals surface area contributed by atoms with E-state index in [0.717, 1.165) is 0 Å². The lowest BCUT2D eigenvalue weighted by Gasteiger charge is -2.35. The number of sulfonamides is 1. The fourth-order valence-electron chi connectivity index (χ4n) is 4.11. The molecule has 2 aromatic rings. The van der Waals surface area contributed by atoms with E-state index in [9.17, 15) is 17.6 Å². The number of amides is 1. The number of morpholine rings is 1. The Kier molecular flexibility index (Phi) is 6.73. The standard InChI is InChI=1S/C22H26FN3O5S/c1-16-21(20(31-24-16)9-8-17-5-2-3-7-19(17)23)32(28,29)26-10-4-6-18(15-26)22(27)25-11-13-30-14-12-25/h2-3,5,7-9,18H,4,6,10-15H2,1H3/b9-8+/t18-/m1/s1. The molecule has 3 heterocycles. The van der Waals surface area contributed by atoms with E-state index in [2.05, 4.69) is 5.16 Å². The number of benzene rings is 1. The van der Waals surface area contributed by atoms with E-state index in [1.54, 1.807) is 30.0 Å². The van der Waals surface area contributed by atoms with Crippen molar-refractivity contribution in [2.45, 2.75) is 24.7 Å². The highest BCUT2D eigenvalue weighted by atomic mass is 32.2. The Labute approximate surface area is 186 Å². The maximum Gasteiger partial charge on any atom is 0.248 e. The molecule has 1 aromatic carbocycles. The van der Waals surface area contributed by atoms with Gasteiger partial charge in [-0.2, -0.15) is 4.31 Å². The third-order valence-corrected chi connectivity index (χ3v) is 7.83. The lowest BCUT2D eigenvalue weighted by atomic mass is 9.98. The number of carbonyl (C=O) groups is 1. The van der Waals surface area contributed by atoms with Crippen LogP contribution in [0.2, 0.25) is 0 Å². The number of ether oxygens (including phenoxy) is 1. The molecule has 2 aliphatic rings. The first-order valence-corrected chi connectivity index (χ1v) is 12.1. The molecular formula is C22H26FN3O5S. The summed E-state index contributed by atoms with van der Waals surface area (Å²) in [6.45, 7) is 4.03. The molecule has 1 aromatic heterocycles.